The number of likely N-dealkylation sites (tertiary alicyclic amines) is 1. The van der Waals surface area contributed by atoms with Gasteiger partial charge >= 0.3 is 5.97 Å². The van der Waals surface area contributed by atoms with E-state index in [2.05, 4.69) is 23.6 Å². The Bertz CT molecular complexity index is 701. The van der Waals surface area contributed by atoms with E-state index < -0.39 is 11.4 Å². The van der Waals surface area contributed by atoms with Gasteiger partial charge in [-0.05, 0) is 17.0 Å². The fourth-order valence-electron chi connectivity index (χ4n) is 5.07. The highest BCUT2D eigenvalue weighted by molar-refractivity contribution is 5.78. The molecular formula is C21H30N2O4. The van der Waals surface area contributed by atoms with Gasteiger partial charge in [-0.25, -0.2) is 0 Å². The van der Waals surface area contributed by atoms with Crippen LogP contribution >= 0.6 is 0 Å². The second-order valence-corrected chi connectivity index (χ2v) is 9.06. The van der Waals surface area contributed by atoms with Crippen molar-refractivity contribution in [3.05, 3.63) is 29.8 Å². The summed E-state index contributed by atoms with van der Waals surface area (Å²) in [5.74, 6) is 0.0865. The van der Waals surface area contributed by atoms with Crippen LogP contribution in [0.4, 0.5) is 0 Å². The highest BCUT2D eigenvalue weighted by Crippen LogP contribution is 2.50. The molecule has 3 heterocycles. The summed E-state index contributed by atoms with van der Waals surface area (Å²) in [6.45, 7) is 11.6. The zero-order valence-corrected chi connectivity index (χ0v) is 16.3. The van der Waals surface area contributed by atoms with Crippen molar-refractivity contribution in [2.75, 3.05) is 59.1 Å². The summed E-state index contributed by atoms with van der Waals surface area (Å²) in [6, 6.07) is 7.90. The number of benzene rings is 1. The van der Waals surface area contributed by atoms with Crippen LogP contribution in [0.15, 0.2) is 24.3 Å². The lowest BCUT2D eigenvalue weighted by Crippen LogP contribution is -2.47. The molecule has 0 spiro atoms. The molecule has 0 aliphatic carbocycles. The molecule has 27 heavy (non-hydrogen) atoms. The lowest BCUT2D eigenvalue weighted by molar-refractivity contribution is -0.152. The minimum atomic E-state index is -0.844. The molecule has 1 aromatic carbocycles. The van der Waals surface area contributed by atoms with Gasteiger partial charge in [0.15, 0.2) is 0 Å². The molecule has 3 aliphatic rings. The van der Waals surface area contributed by atoms with Gasteiger partial charge in [-0.1, -0.05) is 32.0 Å². The summed E-state index contributed by atoms with van der Waals surface area (Å²) in [5.41, 5.74) is 0.286. The van der Waals surface area contributed by atoms with Gasteiger partial charge in [-0.3, -0.25) is 9.69 Å². The van der Waals surface area contributed by atoms with Crippen molar-refractivity contribution >= 4 is 5.97 Å². The number of rotatable bonds is 5. The fourth-order valence-corrected chi connectivity index (χ4v) is 5.07. The van der Waals surface area contributed by atoms with Gasteiger partial charge in [0.2, 0.25) is 0 Å². The molecule has 2 fully saturated rings. The first-order valence-corrected chi connectivity index (χ1v) is 9.87. The zero-order valence-electron chi connectivity index (χ0n) is 16.3. The lowest BCUT2D eigenvalue weighted by Gasteiger charge is -2.37. The van der Waals surface area contributed by atoms with Crippen LogP contribution in [-0.4, -0.2) is 80.0 Å². The Hall–Kier alpha value is -1.63. The van der Waals surface area contributed by atoms with Crippen LogP contribution < -0.4 is 4.74 Å². The second-order valence-electron chi connectivity index (χ2n) is 9.06. The molecule has 2 saturated heterocycles. The quantitative estimate of drug-likeness (QED) is 0.850. The highest BCUT2D eigenvalue weighted by atomic mass is 16.5. The lowest BCUT2D eigenvalue weighted by atomic mass is 9.73. The summed E-state index contributed by atoms with van der Waals surface area (Å²) in [6.07, 6.45) is 0. The van der Waals surface area contributed by atoms with E-state index in [4.69, 9.17) is 9.47 Å². The molecule has 0 amide bonds. The molecule has 1 aromatic rings. The minimum Gasteiger partial charge on any atom is -0.492 e. The van der Waals surface area contributed by atoms with E-state index in [0.717, 1.165) is 57.3 Å². The first-order valence-electron chi connectivity index (χ1n) is 9.87. The smallest absolute Gasteiger partial charge is 0.315 e. The number of hydrogen-bond acceptors (Lipinski definition) is 5. The highest BCUT2D eigenvalue weighted by Gasteiger charge is 2.56. The number of hydrogen-bond donors (Lipinski definition) is 1. The Morgan fingerprint density at radius 1 is 1.22 bits per heavy atom. The van der Waals surface area contributed by atoms with Crippen LogP contribution in [0.1, 0.15) is 25.3 Å². The zero-order chi connectivity index (χ0) is 19.1. The van der Waals surface area contributed by atoms with Gasteiger partial charge in [0, 0.05) is 45.2 Å². The summed E-state index contributed by atoms with van der Waals surface area (Å²) in [4.78, 5) is 17.1. The normalized spacial score (nSPS) is 29.0. The number of aliphatic carboxylic acids is 1. The van der Waals surface area contributed by atoms with Crippen molar-refractivity contribution in [2.24, 2.45) is 10.8 Å². The molecule has 2 atom stereocenters. The third-order valence-electron chi connectivity index (χ3n) is 6.23. The van der Waals surface area contributed by atoms with E-state index in [0.29, 0.717) is 6.54 Å². The number of carboxylic acid groups (broad SMARTS) is 1. The monoisotopic (exact) mass is 374 g/mol. The summed E-state index contributed by atoms with van der Waals surface area (Å²) in [5, 5.41) is 10.1. The van der Waals surface area contributed by atoms with E-state index in [-0.39, 0.29) is 17.9 Å². The standard InChI is InChI=1S/C21H30N2O4/c1-20(2,12-22-7-9-26-10-8-22)13-23-11-17-16-5-3-4-6-18(16)27-15-21(17,14-23)19(24)25/h3-6,17H,7-15H2,1-2H3,(H,24,25)/t17?,21-/m1/s1. The van der Waals surface area contributed by atoms with Gasteiger partial charge in [-0.15, -0.1) is 0 Å². The van der Waals surface area contributed by atoms with Gasteiger partial charge in [0.05, 0.1) is 13.2 Å². The van der Waals surface area contributed by atoms with Gasteiger partial charge < -0.3 is 19.5 Å². The van der Waals surface area contributed by atoms with Gasteiger partial charge in [0.25, 0.3) is 0 Å². The van der Waals surface area contributed by atoms with Crippen LogP contribution in [0.5, 0.6) is 5.75 Å². The van der Waals surface area contributed by atoms with Crippen molar-refractivity contribution in [1.82, 2.24) is 9.80 Å². The van der Waals surface area contributed by atoms with Crippen molar-refractivity contribution in [1.29, 1.82) is 0 Å². The molecule has 0 radical (unpaired) electrons. The molecule has 3 aliphatic heterocycles. The van der Waals surface area contributed by atoms with Gasteiger partial charge in [-0.2, -0.15) is 0 Å². The summed E-state index contributed by atoms with van der Waals surface area (Å²) in [7, 11) is 0. The number of carboxylic acids is 1. The summed E-state index contributed by atoms with van der Waals surface area (Å²) >= 11 is 0. The SMILES string of the molecule is CC(C)(CN1CCOCC1)CN1CC2c3ccccc3OC[C@]2(C(=O)O)C1. The number of carbonyl (C=O) groups is 1. The molecule has 0 bridgehead atoms. The number of nitrogens with zero attached hydrogens (tertiary/aromatic N) is 2. The van der Waals surface area contributed by atoms with Crippen molar-refractivity contribution < 1.29 is 19.4 Å². The van der Waals surface area contributed by atoms with E-state index in [1.165, 1.54) is 0 Å². The van der Waals surface area contributed by atoms with Gasteiger partial charge in [0.1, 0.15) is 17.8 Å². The number of fused-ring (bicyclic) bond motifs is 3. The maximum absolute atomic E-state index is 12.3. The first kappa shape index (κ1) is 18.7. The van der Waals surface area contributed by atoms with E-state index in [1.807, 2.05) is 24.3 Å². The molecule has 0 saturated carbocycles. The topological polar surface area (TPSA) is 62.2 Å². The van der Waals surface area contributed by atoms with E-state index in [9.17, 15) is 9.90 Å². The molecule has 1 N–H and O–H groups in total. The maximum Gasteiger partial charge on any atom is 0.315 e. The summed E-state index contributed by atoms with van der Waals surface area (Å²) < 4.78 is 11.3. The Morgan fingerprint density at radius 2 is 1.93 bits per heavy atom. The number of morpholine rings is 1. The number of para-hydroxylation sites is 1. The third-order valence-corrected chi connectivity index (χ3v) is 6.23. The second kappa shape index (κ2) is 7.08. The van der Waals surface area contributed by atoms with E-state index in [1.54, 1.807) is 0 Å². The molecule has 6 nitrogen and oxygen atoms in total. The van der Waals surface area contributed by atoms with E-state index >= 15 is 0 Å². The predicted molar refractivity (Wildman–Crippen MR) is 102 cm³/mol. The molecule has 4 rings (SSSR count). The predicted octanol–water partition coefficient (Wildman–Crippen LogP) is 1.91. The Morgan fingerprint density at radius 3 is 2.67 bits per heavy atom. The number of ether oxygens (including phenoxy) is 2. The van der Waals surface area contributed by atoms with Crippen LogP contribution in [0.2, 0.25) is 0 Å². The Labute approximate surface area is 161 Å². The largest absolute Gasteiger partial charge is 0.492 e. The maximum atomic E-state index is 12.3. The minimum absolute atomic E-state index is 0.0147. The molecule has 6 heteroatoms. The first-order chi connectivity index (χ1) is 12.9. The van der Waals surface area contributed by atoms with Crippen molar-refractivity contribution in [2.45, 2.75) is 19.8 Å². The van der Waals surface area contributed by atoms with Crippen molar-refractivity contribution in [3.8, 4) is 5.75 Å². The Balaban J connectivity index is 1.50. The molecular weight excluding hydrogens is 344 g/mol. The van der Waals surface area contributed by atoms with Crippen molar-refractivity contribution in [3.63, 3.8) is 0 Å². The Kier molecular flexibility index (Phi) is 4.91. The fraction of sp³-hybridized carbons (Fsp3) is 0.667. The average Bonchev–Trinajstić information content (AvgIpc) is 3.01. The molecule has 0 aromatic heterocycles. The third kappa shape index (κ3) is 3.58. The van der Waals surface area contributed by atoms with Crippen LogP contribution in [-0.2, 0) is 9.53 Å². The molecule has 148 valence electrons. The molecule has 1 unspecified atom stereocenters. The van der Waals surface area contributed by atoms with Crippen LogP contribution in [0.25, 0.3) is 0 Å². The van der Waals surface area contributed by atoms with Crippen LogP contribution in [0, 0.1) is 10.8 Å². The van der Waals surface area contributed by atoms with Crippen LogP contribution in [0.3, 0.4) is 0 Å². The average molecular weight is 374 g/mol.